The van der Waals surface area contributed by atoms with E-state index in [9.17, 15) is 0 Å². The van der Waals surface area contributed by atoms with Gasteiger partial charge in [0.15, 0.2) is 17.4 Å². The van der Waals surface area contributed by atoms with E-state index < -0.39 is 0 Å². The third-order valence-electron chi connectivity index (χ3n) is 7.97. The van der Waals surface area contributed by atoms with Crippen LogP contribution in [0.5, 0.6) is 0 Å². The number of hydrogen-bond acceptors (Lipinski definition) is 0. The molecule has 1 aliphatic heterocycles. The van der Waals surface area contributed by atoms with E-state index in [0.29, 0.717) is 5.92 Å². The standard InChI is InChI=1S/C30H26N/c1-18-8-6-12-24-27-26-17-25-21(14-19-9-4-5-11-23(19)25)16-22(26)15-20-10-7-13-31(29(20)27)30(2,3)28(18)24/h4-13,16-17,27H,14-15H2,1-3H3/q+1. The fourth-order valence-corrected chi connectivity index (χ4v) is 6.76. The maximum atomic E-state index is 2.56. The third-order valence-corrected chi connectivity index (χ3v) is 7.97. The summed E-state index contributed by atoms with van der Waals surface area (Å²) in [4.78, 5) is 0. The average molecular weight is 401 g/mol. The van der Waals surface area contributed by atoms with Crippen molar-refractivity contribution in [3.8, 4) is 11.1 Å². The Kier molecular flexibility index (Phi) is 3.23. The van der Waals surface area contributed by atoms with E-state index >= 15 is 0 Å². The molecule has 31 heavy (non-hydrogen) atoms. The van der Waals surface area contributed by atoms with Crippen LogP contribution >= 0.6 is 0 Å². The van der Waals surface area contributed by atoms with E-state index in [1.54, 1.807) is 0 Å². The van der Waals surface area contributed by atoms with Crippen LogP contribution in [0.15, 0.2) is 72.9 Å². The molecule has 2 aliphatic carbocycles. The summed E-state index contributed by atoms with van der Waals surface area (Å²) >= 11 is 0. The highest BCUT2D eigenvalue weighted by molar-refractivity contribution is 5.79. The molecule has 7 rings (SSSR count). The van der Waals surface area contributed by atoms with E-state index in [1.807, 2.05) is 0 Å². The number of aromatic nitrogens is 1. The van der Waals surface area contributed by atoms with Gasteiger partial charge in [-0.15, -0.1) is 0 Å². The normalized spacial score (nSPS) is 18.5. The van der Waals surface area contributed by atoms with Crippen LogP contribution in [0, 0.1) is 6.92 Å². The number of rotatable bonds is 0. The lowest BCUT2D eigenvalue weighted by Crippen LogP contribution is -2.60. The molecule has 1 aromatic heterocycles. The van der Waals surface area contributed by atoms with E-state index in [0.717, 1.165) is 12.8 Å². The Morgan fingerprint density at radius 1 is 0.742 bits per heavy atom. The van der Waals surface area contributed by atoms with Crippen LogP contribution in [0.25, 0.3) is 11.1 Å². The molecule has 3 aromatic carbocycles. The van der Waals surface area contributed by atoms with Gasteiger partial charge in [0.1, 0.15) is 0 Å². The van der Waals surface area contributed by atoms with Gasteiger partial charge in [-0.3, -0.25) is 0 Å². The number of fused-ring (bicyclic) bond motifs is 7. The molecular formula is C30H26N+. The second kappa shape index (κ2) is 5.73. The Morgan fingerprint density at radius 2 is 1.55 bits per heavy atom. The van der Waals surface area contributed by atoms with Crippen molar-refractivity contribution < 1.29 is 4.57 Å². The topological polar surface area (TPSA) is 3.88 Å². The van der Waals surface area contributed by atoms with Crippen molar-refractivity contribution >= 4 is 0 Å². The van der Waals surface area contributed by atoms with Gasteiger partial charge in [-0.05, 0) is 70.0 Å². The summed E-state index contributed by atoms with van der Waals surface area (Å²) in [5.41, 5.74) is 16.1. The molecule has 4 aromatic rings. The molecule has 0 N–H and O–H groups in total. The number of aryl methyl sites for hydroxylation is 1. The zero-order valence-corrected chi connectivity index (χ0v) is 18.4. The smallest absolute Gasteiger partial charge is 0.192 e. The second-order valence-corrected chi connectivity index (χ2v) is 10.0. The van der Waals surface area contributed by atoms with Crippen LogP contribution in [0.1, 0.15) is 70.0 Å². The molecule has 0 amide bonds. The predicted octanol–water partition coefficient (Wildman–Crippen LogP) is 6.03. The highest BCUT2D eigenvalue weighted by atomic mass is 15.1. The molecule has 3 aliphatic rings. The molecule has 1 nitrogen and oxygen atoms in total. The van der Waals surface area contributed by atoms with Gasteiger partial charge in [0.25, 0.3) is 0 Å². The van der Waals surface area contributed by atoms with Crippen LogP contribution < -0.4 is 4.57 Å². The lowest BCUT2D eigenvalue weighted by molar-refractivity contribution is -0.757. The highest BCUT2D eigenvalue weighted by Gasteiger charge is 2.48. The fourth-order valence-electron chi connectivity index (χ4n) is 6.76. The van der Waals surface area contributed by atoms with Crippen LogP contribution in [0.2, 0.25) is 0 Å². The van der Waals surface area contributed by atoms with Gasteiger partial charge in [-0.2, -0.15) is 4.57 Å². The first-order chi connectivity index (χ1) is 15.0. The van der Waals surface area contributed by atoms with Crippen LogP contribution in [0.3, 0.4) is 0 Å². The van der Waals surface area contributed by atoms with E-state index in [2.05, 4.69) is 98.3 Å². The van der Waals surface area contributed by atoms with E-state index in [1.165, 1.54) is 61.3 Å². The van der Waals surface area contributed by atoms with Gasteiger partial charge in [-0.25, -0.2) is 0 Å². The average Bonchev–Trinajstić information content (AvgIpc) is 3.12. The Morgan fingerprint density at radius 3 is 2.45 bits per heavy atom. The maximum absolute atomic E-state index is 2.56. The molecule has 1 heteroatoms. The largest absolute Gasteiger partial charge is 0.197 e. The third kappa shape index (κ3) is 2.14. The monoisotopic (exact) mass is 400 g/mol. The SMILES string of the molecule is Cc1cccc2c1C(C)(C)[n+]1cccc3c1C2c1cc2c(cc1C3)Cc1ccccc1-2. The molecule has 0 saturated heterocycles. The first-order valence-electron chi connectivity index (χ1n) is 11.4. The van der Waals surface area contributed by atoms with Crippen LogP contribution in [-0.2, 0) is 18.4 Å². The highest BCUT2D eigenvalue weighted by Crippen LogP contribution is 2.49. The van der Waals surface area contributed by atoms with Crippen molar-refractivity contribution in [3.63, 3.8) is 0 Å². The Bertz CT molecular complexity index is 1420. The number of hydrogen-bond donors (Lipinski definition) is 0. The minimum atomic E-state index is -0.0522. The maximum Gasteiger partial charge on any atom is 0.197 e. The number of nitrogens with zero attached hydrogens (tertiary/aromatic N) is 1. The van der Waals surface area contributed by atoms with Crippen molar-refractivity contribution in [3.05, 3.63) is 123 Å². The molecule has 2 heterocycles. The van der Waals surface area contributed by atoms with E-state index in [4.69, 9.17) is 0 Å². The summed E-state index contributed by atoms with van der Waals surface area (Å²) in [5, 5.41) is 0. The quantitative estimate of drug-likeness (QED) is 0.274. The summed E-state index contributed by atoms with van der Waals surface area (Å²) in [7, 11) is 0. The first-order valence-corrected chi connectivity index (χ1v) is 11.4. The van der Waals surface area contributed by atoms with Gasteiger partial charge in [-0.1, -0.05) is 48.5 Å². The molecule has 0 saturated carbocycles. The van der Waals surface area contributed by atoms with Crippen molar-refractivity contribution in [1.29, 1.82) is 0 Å². The Labute approximate surface area is 184 Å². The Hall–Kier alpha value is -3.19. The van der Waals surface area contributed by atoms with Crippen molar-refractivity contribution in [1.82, 2.24) is 0 Å². The molecule has 0 bridgehead atoms. The zero-order chi connectivity index (χ0) is 20.9. The summed E-state index contributed by atoms with van der Waals surface area (Å²) in [6.45, 7) is 7.03. The number of benzene rings is 3. The fraction of sp³-hybridized carbons (Fsp3) is 0.233. The van der Waals surface area contributed by atoms with Crippen molar-refractivity contribution in [2.24, 2.45) is 0 Å². The molecule has 1 atom stereocenters. The van der Waals surface area contributed by atoms with Crippen LogP contribution in [-0.4, -0.2) is 0 Å². The van der Waals surface area contributed by atoms with Crippen molar-refractivity contribution in [2.75, 3.05) is 0 Å². The van der Waals surface area contributed by atoms with E-state index in [-0.39, 0.29) is 5.54 Å². The Balaban J connectivity index is 1.56. The summed E-state index contributed by atoms with van der Waals surface area (Å²) < 4.78 is 2.56. The predicted molar refractivity (Wildman–Crippen MR) is 125 cm³/mol. The van der Waals surface area contributed by atoms with Crippen LogP contribution in [0.4, 0.5) is 0 Å². The van der Waals surface area contributed by atoms with Gasteiger partial charge >= 0.3 is 0 Å². The van der Waals surface area contributed by atoms with Gasteiger partial charge in [0.2, 0.25) is 0 Å². The summed E-state index contributed by atoms with van der Waals surface area (Å²) in [6.07, 6.45) is 4.39. The molecule has 1 unspecified atom stereocenters. The number of pyridine rings is 1. The minimum Gasteiger partial charge on any atom is -0.192 e. The van der Waals surface area contributed by atoms with Gasteiger partial charge in [0, 0.05) is 37.5 Å². The second-order valence-electron chi connectivity index (χ2n) is 10.0. The minimum absolute atomic E-state index is 0.0522. The van der Waals surface area contributed by atoms with Gasteiger partial charge < -0.3 is 0 Å². The van der Waals surface area contributed by atoms with Crippen molar-refractivity contribution in [2.45, 2.75) is 45.1 Å². The zero-order valence-electron chi connectivity index (χ0n) is 18.4. The first kappa shape index (κ1) is 17.5. The molecule has 0 spiro atoms. The lowest BCUT2D eigenvalue weighted by Gasteiger charge is -2.38. The molecule has 0 fully saturated rings. The molecular weight excluding hydrogens is 374 g/mol. The summed E-state index contributed by atoms with van der Waals surface area (Å²) in [6, 6.07) is 25.5. The lowest BCUT2D eigenvalue weighted by atomic mass is 9.68. The van der Waals surface area contributed by atoms with Gasteiger partial charge in [0.05, 0.1) is 5.92 Å². The molecule has 150 valence electrons. The molecule has 0 radical (unpaired) electrons. The summed E-state index contributed by atoms with van der Waals surface area (Å²) in [5.74, 6) is 0.306.